The lowest BCUT2D eigenvalue weighted by Gasteiger charge is -2.63. The van der Waals surface area contributed by atoms with Crippen LogP contribution in [0, 0.1) is 22.2 Å². The normalized spacial score (nSPS) is 44.3. The van der Waals surface area contributed by atoms with E-state index in [1.165, 1.54) is 11.9 Å². The van der Waals surface area contributed by atoms with E-state index in [0.29, 0.717) is 19.1 Å². The van der Waals surface area contributed by atoms with Crippen molar-refractivity contribution in [3.63, 3.8) is 0 Å². The van der Waals surface area contributed by atoms with Crippen molar-refractivity contribution in [2.45, 2.75) is 71.5 Å². The van der Waals surface area contributed by atoms with Crippen molar-refractivity contribution >= 4 is 6.29 Å². The fraction of sp³-hybridized carbons (Fsp3) is 0.850. The van der Waals surface area contributed by atoms with Gasteiger partial charge in [-0.25, -0.2) is 0 Å². The summed E-state index contributed by atoms with van der Waals surface area (Å²) in [6.07, 6.45) is 11.1. The van der Waals surface area contributed by atoms with E-state index < -0.39 is 5.79 Å². The molecule has 3 unspecified atom stereocenters. The summed E-state index contributed by atoms with van der Waals surface area (Å²) in [5, 5.41) is 0. The fourth-order valence-corrected chi connectivity index (χ4v) is 6.60. The first-order chi connectivity index (χ1) is 10.9. The summed E-state index contributed by atoms with van der Waals surface area (Å²) in [4.78, 5) is 12.1. The molecular weight excluding hydrogens is 288 g/mol. The van der Waals surface area contributed by atoms with Crippen LogP contribution in [0.15, 0.2) is 11.6 Å². The van der Waals surface area contributed by atoms with Crippen molar-refractivity contribution in [1.82, 2.24) is 0 Å². The zero-order chi connectivity index (χ0) is 16.3. The van der Waals surface area contributed by atoms with Crippen LogP contribution in [0.1, 0.15) is 65.7 Å². The van der Waals surface area contributed by atoms with Crippen LogP contribution >= 0.6 is 0 Å². The molecule has 2 saturated carbocycles. The molecule has 0 radical (unpaired) electrons. The van der Waals surface area contributed by atoms with Gasteiger partial charge in [0, 0.05) is 17.3 Å². The van der Waals surface area contributed by atoms with Gasteiger partial charge < -0.3 is 14.3 Å². The smallest absolute Gasteiger partial charge is 0.173 e. The number of ether oxygens (including phenoxy) is 2. The number of rotatable bonds is 1. The van der Waals surface area contributed by atoms with Gasteiger partial charge in [0.2, 0.25) is 0 Å². The highest BCUT2D eigenvalue weighted by atomic mass is 16.7. The van der Waals surface area contributed by atoms with Crippen LogP contribution in [0.2, 0.25) is 0 Å². The molecule has 3 aliphatic carbocycles. The number of carbonyl (C=O) groups excluding carboxylic acids is 1. The second kappa shape index (κ2) is 4.92. The van der Waals surface area contributed by atoms with Crippen LogP contribution in [-0.2, 0) is 14.3 Å². The molecule has 1 aliphatic heterocycles. The van der Waals surface area contributed by atoms with E-state index in [2.05, 4.69) is 26.8 Å². The molecule has 1 spiro atoms. The predicted molar refractivity (Wildman–Crippen MR) is 88.9 cm³/mol. The predicted octanol–water partition coefficient (Wildman–Crippen LogP) is 4.26. The van der Waals surface area contributed by atoms with Crippen LogP contribution < -0.4 is 0 Å². The lowest BCUT2D eigenvalue weighted by Crippen LogP contribution is -2.62. The van der Waals surface area contributed by atoms with Gasteiger partial charge in [0.05, 0.1) is 13.2 Å². The van der Waals surface area contributed by atoms with Crippen LogP contribution in [0.4, 0.5) is 0 Å². The maximum Gasteiger partial charge on any atom is 0.173 e. The highest BCUT2D eigenvalue weighted by Gasteiger charge is 2.66. The minimum Gasteiger partial charge on any atom is -0.347 e. The summed E-state index contributed by atoms with van der Waals surface area (Å²) in [7, 11) is 0. The van der Waals surface area contributed by atoms with Gasteiger partial charge in [0.1, 0.15) is 6.29 Å². The maximum atomic E-state index is 12.1. The Bertz CT molecular complexity index is 543. The standard InChI is InChI=1S/C20H30O3/c1-17(2)15-7-9-19(14-21)8-5-4-6-16(19)18(15,3)10-11-20(17)22-12-13-23-20/h6,14-15H,4-5,7-13H2,1-3H3. The van der Waals surface area contributed by atoms with Gasteiger partial charge in [0.15, 0.2) is 5.79 Å². The molecule has 3 nitrogen and oxygen atoms in total. The third-order valence-electron chi connectivity index (χ3n) is 7.78. The molecule has 0 bridgehead atoms. The Morgan fingerprint density at radius 1 is 1.09 bits per heavy atom. The van der Waals surface area contributed by atoms with Crippen molar-refractivity contribution in [3.05, 3.63) is 11.6 Å². The summed E-state index contributed by atoms with van der Waals surface area (Å²) in [5.41, 5.74) is 1.36. The first kappa shape index (κ1) is 15.8. The number of carbonyl (C=O) groups is 1. The van der Waals surface area contributed by atoms with E-state index in [4.69, 9.17) is 9.47 Å². The van der Waals surface area contributed by atoms with Gasteiger partial charge in [-0.2, -0.15) is 0 Å². The van der Waals surface area contributed by atoms with Crippen LogP contribution in [0.3, 0.4) is 0 Å². The topological polar surface area (TPSA) is 35.5 Å². The molecule has 1 saturated heterocycles. The molecule has 4 rings (SSSR count). The van der Waals surface area contributed by atoms with E-state index >= 15 is 0 Å². The lowest BCUT2D eigenvalue weighted by molar-refractivity contribution is -0.284. The van der Waals surface area contributed by atoms with E-state index in [1.54, 1.807) is 0 Å². The van der Waals surface area contributed by atoms with Gasteiger partial charge in [-0.3, -0.25) is 0 Å². The second-order valence-corrected chi connectivity index (χ2v) is 8.96. The Hall–Kier alpha value is -0.670. The van der Waals surface area contributed by atoms with Crippen LogP contribution in [0.25, 0.3) is 0 Å². The summed E-state index contributed by atoms with van der Waals surface area (Å²) in [6.45, 7) is 8.51. The number of hydrogen-bond acceptors (Lipinski definition) is 3. The molecule has 23 heavy (non-hydrogen) atoms. The van der Waals surface area contributed by atoms with Crippen molar-refractivity contribution in [3.8, 4) is 0 Å². The van der Waals surface area contributed by atoms with Crippen LogP contribution in [0.5, 0.6) is 0 Å². The molecule has 1 heterocycles. The van der Waals surface area contributed by atoms with Gasteiger partial charge in [-0.05, 0) is 49.9 Å². The summed E-state index contributed by atoms with van der Waals surface area (Å²) >= 11 is 0. The molecule has 0 N–H and O–H groups in total. The second-order valence-electron chi connectivity index (χ2n) is 8.96. The molecule has 4 aliphatic rings. The summed E-state index contributed by atoms with van der Waals surface area (Å²) in [6, 6.07) is 0. The molecule has 0 aromatic heterocycles. The molecule has 3 heteroatoms. The van der Waals surface area contributed by atoms with Gasteiger partial charge in [-0.1, -0.05) is 32.4 Å². The van der Waals surface area contributed by atoms with Gasteiger partial charge >= 0.3 is 0 Å². The number of fused-ring (bicyclic) bond motifs is 3. The van der Waals surface area contributed by atoms with Gasteiger partial charge in [-0.15, -0.1) is 0 Å². The molecule has 0 amide bonds. The van der Waals surface area contributed by atoms with Crippen molar-refractivity contribution in [2.75, 3.05) is 13.2 Å². The fourth-order valence-electron chi connectivity index (χ4n) is 6.60. The molecule has 3 atom stereocenters. The molecule has 0 aromatic carbocycles. The van der Waals surface area contributed by atoms with Crippen molar-refractivity contribution in [1.29, 1.82) is 0 Å². The summed E-state index contributed by atoms with van der Waals surface area (Å²) < 4.78 is 12.3. The maximum absolute atomic E-state index is 12.1. The van der Waals surface area contributed by atoms with Gasteiger partial charge in [0.25, 0.3) is 0 Å². The third kappa shape index (κ3) is 1.87. The Morgan fingerprint density at radius 2 is 1.83 bits per heavy atom. The van der Waals surface area contributed by atoms with Crippen LogP contribution in [-0.4, -0.2) is 25.3 Å². The molecule has 3 fully saturated rings. The average Bonchev–Trinajstić information content (AvgIpc) is 3.03. The Kier molecular flexibility index (Phi) is 3.39. The van der Waals surface area contributed by atoms with Crippen molar-refractivity contribution < 1.29 is 14.3 Å². The number of aldehydes is 1. The zero-order valence-electron chi connectivity index (χ0n) is 14.8. The first-order valence-corrected chi connectivity index (χ1v) is 9.36. The molecule has 0 aromatic rings. The third-order valence-corrected chi connectivity index (χ3v) is 7.78. The largest absolute Gasteiger partial charge is 0.347 e. The highest BCUT2D eigenvalue weighted by molar-refractivity contribution is 5.67. The summed E-state index contributed by atoms with van der Waals surface area (Å²) in [5.74, 6) is 0.104. The monoisotopic (exact) mass is 318 g/mol. The zero-order valence-corrected chi connectivity index (χ0v) is 14.8. The number of hydrogen-bond donors (Lipinski definition) is 0. The van der Waals surface area contributed by atoms with Crippen molar-refractivity contribution in [2.24, 2.45) is 22.2 Å². The average molecular weight is 318 g/mol. The Morgan fingerprint density at radius 3 is 2.52 bits per heavy atom. The van der Waals surface area contributed by atoms with E-state index in [9.17, 15) is 4.79 Å². The molecule has 128 valence electrons. The lowest BCUT2D eigenvalue weighted by atomic mass is 9.43. The molecular formula is C20H30O3. The van der Waals surface area contributed by atoms with E-state index in [1.807, 2.05) is 0 Å². The quantitative estimate of drug-likeness (QED) is 0.535. The SMILES string of the molecule is CC12CCC3(OCCO3)C(C)(C)C1CCC1(C=O)CCCC=C12. The Balaban J connectivity index is 1.78. The minimum atomic E-state index is -0.409. The minimum absolute atomic E-state index is 0.0240. The Labute approximate surface area is 139 Å². The first-order valence-electron chi connectivity index (χ1n) is 9.36. The van der Waals surface area contributed by atoms with E-state index in [-0.39, 0.29) is 16.2 Å². The highest BCUT2D eigenvalue weighted by Crippen LogP contribution is 2.68. The van der Waals surface area contributed by atoms with E-state index in [0.717, 1.165) is 44.9 Å². The number of allylic oxidation sites excluding steroid dienone is 2.